The first kappa shape index (κ1) is 18.3. The Hall–Kier alpha value is -3.04. The quantitative estimate of drug-likeness (QED) is 0.323. The van der Waals surface area contributed by atoms with E-state index in [1.165, 1.54) is 0 Å². The molecule has 0 radical (unpaired) electrons. The molecule has 0 bridgehead atoms. The van der Waals surface area contributed by atoms with E-state index in [0.717, 1.165) is 28.1 Å². The molecule has 0 amide bonds. The van der Waals surface area contributed by atoms with Crippen molar-refractivity contribution < 1.29 is 4.74 Å². The van der Waals surface area contributed by atoms with Crippen molar-refractivity contribution in [2.45, 2.75) is 11.4 Å². The Bertz CT molecular complexity index is 988. The largest absolute Gasteiger partial charge is 0.497 e. The topological polar surface area (TPSA) is 27.1 Å². The molecule has 0 fully saturated rings. The lowest BCUT2D eigenvalue weighted by Gasteiger charge is -2.37. The molecule has 4 rings (SSSR count). The molecule has 0 aliphatic heterocycles. The van der Waals surface area contributed by atoms with E-state index in [4.69, 9.17) is 16.3 Å². The third-order valence-corrected chi connectivity index (χ3v) is 5.33. The van der Waals surface area contributed by atoms with Gasteiger partial charge in [0.05, 0.1) is 25.0 Å². The number of rotatable bonds is 6. The van der Waals surface area contributed by atoms with Crippen molar-refractivity contribution >= 4 is 11.6 Å². The number of imidazole rings is 1. The minimum Gasteiger partial charge on any atom is -0.497 e. The van der Waals surface area contributed by atoms with Gasteiger partial charge in [0.25, 0.3) is 0 Å². The number of ether oxygens (including phenoxy) is 1. The Morgan fingerprint density at radius 1 is 0.821 bits per heavy atom. The van der Waals surface area contributed by atoms with E-state index >= 15 is 0 Å². The molecule has 0 atom stereocenters. The molecule has 0 aliphatic carbocycles. The van der Waals surface area contributed by atoms with Crippen molar-refractivity contribution in [3.63, 3.8) is 0 Å². The van der Waals surface area contributed by atoms with Gasteiger partial charge < -0.3 is 9.30 Å². The van der Waals surface area contributed by atoms with Gasteiger partial charge in [-0.05, 0) is 28.8 Å². The summed E-state index contributed by atoms with van der Waals surface area (Å²) < 4.78 is 7.53. The lowest BCUT2D eigenvalue weighted by molar-refractivity contribution is 0.414. The standard InChI is InChI=1S/C24H21ClN2O/c1-28-23-14-12-21(13-15-23)24(19-8-4-2-5-9-19,20-10-6-3-7-11-20)27-17-22(16-25)26-18-27/h2-15,17-18H,16H2,1H3. The second-order valence-electron chi connectivity index (χ2n) is 6.58. The summed E-state index contributed by atoms with van der Waals surface area (Å²) in [6, 6.07) is 29.1. The van der Waals surface area contributed by atoms with E-state index in [9.17, 15) is 0 Å². The molecule has 4 heteroatoms. The van der Waals surface area contributed by atoms with Gasteiger partial charge in [-0.25, -0.2) is 4.98 Å². The summed E-state index contributed by atoms with van der Waals surface area (Å²) in [6.45, 7) is 0. The van der Waals surface area contributed by atoms with E-state index < -0.39 is 5.54 Å². The highest BCUT2D eigenvalue weighted by molar-refractivity contribution is 6.16. The maximum atomic E-state index is 6.08. The number of halogens is 1. The highest BCUT2D eigenvalue weighted by Crippen LogP contribution is 2.41. The molecular formula is C24H21ClN2O. The van der Waals surface area contributed by atoms with Crippen LogP contribution in [-0.2, 0) is 11.4 Å². The number of nitrogens with zero attached hydrogens (tertiary/aromatic N) is 2. The normalized spacial score (nSPS) is 11.4. The van der Waals surface area contributed by atoms with Crippen LogP contribution in [0.3, 0.4) is 0 Å². The van der Waals surface area contributed by atoms with E-state index in [1.54, 1.807) is 7.11 Å². The Labute approximate surface area is 170 Å². The maximum absolute atomic E-state index is 6.08. The molecule has 0 N–H and O–H groups in total. The number of hydrogen-bond acceptors (Lipinski definition) is 2. The van der Waals surface area contributed by atoms with Crippen LogP contribution in [0.15, 0.2) is 97.5 Å². The SMILES string of the molecule is COc1ccc(C(c2ccccc2)(c2ccccc2)n2cnc(CCl)c2)cc1. The number of aromatic nitrogens is 2. The van der Waals surface area contributed by atoms with Crippen LogP contribution in [0.25, 0.3) is 0 Å². The molecule has 0 saturated carbocycles. The van der Waals surface area contributed by atoms with Crippen molar-refractivity contribution in [1.82, 2.24) is 9.55 Å². The summed E-state index contributed by atoms with van der Waals surface area (Å²) >= 11 is 6.08. The Kier molecular flexibility index (Phi) is 5.18. The van der Waals surface area contributed by atoms with Gasteiger partial charge in [-0.3, -0.25) is 0 Å². The van der Waals surface area contributed by atoms with E-state index in [1.807, 2.05) is 36.8 Å². The minimum absolute atomic E-state index is 0.370. The van der Waals surface area contributed by atoms with Gasteiger partial charge in [0.15, 0.2) is 0 Å². The molecule has 1 heterocycles. The highest BCUT2D eigenvalue weighted by atomic mass is 35.5. The Morgan fingerprint density at radius 3 is 1.82 bits per heavy atom. The molecule has 3 nitrogen and oxygen atoms in total. The molecular weight excluding hydrogens is 368 g/mol. The first-order chi connectivity index (χ1) is 13.8. The lowest BCUT2D eigenvalue weighted by atomic mass is 9.76. The molecule has 0 unspecified atom stereocenters. The lowest BCUT2D eigenvalue weighted by Crippen LogP contribution is -2.37. The molecule has 0 saturated heterocycles. The second kappa shape index (κ2) is 7.91. The summed E-state index contributed by atoms with van der Waals surface area (Å²) in [5, 5.41) is 0. The van der Waals surface area contributed by atoms with Crippen LogP contribution < -0.4 is 4.74 Å². The summed E-state index contributed by atoms with van der Waals surface area (Å²) in [4.78, 5) is 4.52. The molecule has 3 aromatic carbocycles. The average Bonchev–Trinajstić information content (AvgIpc) is 3.26. The number of methoxy groups -OCH3 is 1. The average molecular weight is 389 g/mol. The van der Waals surface area contributed by atoms with Crippen LogP contribution in [0.1, 0.15) is 22.4 Å². The smallest absolute Gasteiger partial charge is 0.121 e. The van der Waals surface area contributed by atoms with Crippen LogP contribution in [0, 0.1) is 0 Å². The third kappa shape index (κ3) is 3.08. The molecule has 140 valence electrons. The zero-order chi connectivity index (χ0) is 19.4. The van der Waals surface area contributed by atoms with Crippen LogP contribution in [0.2, 0.25) is 0 Å². The predicted molar refractivity (Wildman–Crippen MR) is 113 cm³/mol. The first-order valence-corrected chi connectivity index (χ1v) is 9.67. The van der Waals surface area contributed by atoms with E-state index in [0.29, 0.717) is 5.88 Å². The zero-order valence-corrected chi connectivity index (χ0v) is 16.4. The predicted octanol–water partition coefficient (Wildman–Crippen LogP) is 5.47. The summed E-state index contributed by atoms with van der Waals surface area (Å²) in [5.74, 6) is 1.20. The Morgan fingerprint density at radius 2 is 1.36 bits per heavy atom. The van der Waals surface area contributed by atoms with Crippen molar-refractivity contribution in [1.29, 1.82) is 0 Å². The fraction of sp³-hybridized carbons (Fsp3) is 0.125. The van der Waals surface area contributed by atoms with Gasteiger partial charge in [-0.1, -0.05) is 72.8 Å². The van der Waals surface area contributed by atoms with E-state index in [-0.39, 0.29) is 0 Å². The minimum atomic E-state index is -0.577. The van der Waals surface area contributed by atoms with Gasteiger partial charge in [-0.2, -0.15) is 0 Å². The molecule has 1 aromatic heterocycles. The van der Waals surface area contributed by atoms with Gasteiger partial charge in [0.2, 0.25) is 0 Å². The molecule has 0 aliphatic rings. The van der Waals surface area contributed by atoms with Gasteiger partial charge >= 0.3 is 0 Å². The Balaban J connectivity index is 2.07. The zero-order valence-electron chi connectivity index (χ0n) is 15.6. The summed E-state index contributed by atoms with van der Waals surface area (Å²) in [5.41, 5.74) is 3.66. The molecule has 28 heavy (non-hydrogen) atoms. The first-order valence-electron chi connectivity index (χ1n) is 9.14. The monoisotopic (exact) mass is 388 g/mol. The van der Waals surface area contributed by atoms with Crippen molar-refractivity contribution in [2.24, 2.45) is 0 Å². The highest BCUT2D eigenvalue weighted by Gasteiger charge is 2.38. The van der Waals surface area contributed by atoms with Crippen LogP contribution in [0.5, 0.6) is 5.75 Å². The summed E-state index contributed by atoms with van der Waals surface area (Å²) in [7, 11) is 1.68. The van der Waals surface area contributed by atoms with Crippen LogP contribution >= 0.6 is 11.6 Å². The summed E-state index contributed by atoms with van der Waals surface area (Å²) in [6.07, 6.45) is 3.89. The fourth-order valence-corrected chi connectivity index (χ4v) is 3.89. The number of alkyl halides is 1. The van der Waals surface area contributed by atoms with Crippen LogP contribution in [-0.4, -0.2) is 16.7 Å². The number of hydrogen-bond donors (Lipinski definition) is 0. The second-order valence-corrected chi connectivity index (χ2v) is 6.84. The van der Waals surface area contributed by atoms with Crippen molar-refractivity contribution in [3.8, 4) is 5.75 Å². The van der Waals surface area contributed by atoms with Crippen molar-refractivity contribution in [2.75, 3.05) is 7.11 Å². The third-order valence-electron chi connectivity index (χ3n) is 5.05. The van der Waals surface area contributed by atoms with Gasteiger partial charge in [0.1, 0.15) is 11.3 Å². The van der Waals surface area contributed by atoms with Crippen LogP contribution in [0.4, 0.5) is 0 Å². The fourth-order valence-electron chi connectivity index (χ4n) is 3.75. The maximum Gasteiger partial charge on any atom is 0.121 e. The molecule has 0 spiro atoms. The number of benzene rings is 3. The van der Waals surface area contributed by atoms with Gasteiger partial charge in [-0.15, -0.1) is 11.6 Å². The van der Waals surface area contributed by atoms with E-state index in [2.05, 4.69) is 70.2 Å². The van der Waals surface area contributed by atoms with Crippen molar-refractivity contribution in [3.05, 3.63) is 120 Å². The van der Waals surface area contributed by atoms with Gasteiger partial charge in [0, 0.05) is 6.20 Å². The molecule has 4 aromatic rings.